The zero-order valence-electron chi connectivity index (χ0n) is 12.0. The molecule has 0 aliphatic heterocycles. The molecular formula is C15H19N3O3. The van der Waals surface area contributed by atoms with Gasteiger partial charge in [-0.2, -0.15) is 0 Å². The van der Waals surface area contributed by atoms with E-state index in [1.807, 2.05) is 17.8 Å². The van der Waals surface area contributed by atoms with Gasteiger partial charge in [-0.15, -0.1) is 0 Å². The first-order valence-corrected chi connectivity index (χ1v) is 6.80. The van der Waals surface area contributed by atoms with Gasteiger partial charge in [-0.3, -0.25) is 0 Å². The van der Waals surface area contributed by atoms with Gasteiger partial charge in [0.05, 0.1) is 5.56 Å². The van der Waals surface area contributed by atoms with E-state index in [4.69, 9.17) is 9.84 Å². The summed E-state index contributed by atoms with van der Waals surface area (Å²) >= 11 is 0. The Morgan fingerprint density at radius 1 is 1.33 bits per heavy atom. The summed E-state index contributed by atoms with van der Waals surface area (Å²) < 4.78 is 7.53. The lowest BCUT2D eigenvalue weighted by Crippen LogP contribution is -2.24. The van der Waals surface area contributed by atoms with Crippen molar-refractivity contribution < 1.29 is 14.6 Å². The predicted octanol–water partition coefficient (Wildman–Crippen LogP) is 1.33. The van der Waals surface area contributed by atoms with Crippen LogP contribution in [-0.4, -0.2) is 40.3 Å². The number of ether oxygens (including phenoxy) is 1. The van der Waals surface area contributed by atoms with Gasteiger partial charge in [-0.1, -0.05) is 0 Å². The first kappa shape index (κ1) is 15.1. The smallest absolute Gasteiger partial charge is 0.335 e. The summed E-state index contributed by atoms with van der Waals surface area (Å²) in [5, 5.41) is 12.1. The Labute approximate surface area is 123 Å². The number of aromatic carboxylic acids is 1. The lowest BCUT2D eigenvalue weighted by Gasteiger charge is -2.08. The summed E-state index contributed by atoms with van der Waals surface area (Å²) in [5.74, 6) is 0.788. The highest BCUT2D eigenvalue weighted by molar-refractivity contribution is 5.87. The van der Waals surface area contributed by atoms with Crippen LogP contribution in [0.2, 0.25) is 0 Å². The zero-order valence-corrected chi connectivity index (χ0v) is 12.0. The van der Waals surface area contributed by atoms with Crippen LogP contribution in [0.25, 0.3) is 0 Å². The van der Waals surface area contributed by atoms with Crippen LogP contribution in [-0.2, 0) is 13.5 Å². The number of nitrogens with zero attached hydrogens (tertiary/aromatic N) is 2. The average molecular weight is 289 g/mol. The molecule has 2 aromatic rings. The number of carboxylic acid groups (broad SMARTS) is 1. The maximum atomic E-state index is 10.7. The summed E-state index contributed by atoms with van der Waals surface area (Å²) in [5.41, 5.74) is 0.260. The van der Waals surface area contributed by atoms with E-state index >= 15 is 0 Å². The van der Waals surface area contributed by atoms with E-state index in [1.165, 1.54) is 12.1 Å². The van der Waals surface area contributed by atoms with Gasteiger partial charge in [0.1, 0.15) is 18.2 Å². The molecule has 1 aromatic carbocycles. The number of rotatable bonds is 8. The van der Waals surface area contributed by atoms with E-state index in [2.05, 4.69) is 10.3 Å². The molecule has 0 spiro atoms. The Morgan fingerprint density at radius 3 is 2.71 bits per heavy atom. The molecule has 1 aromatic heterocycles. The van der Waals surface area contributed by atoms with Crippen LogP contribution in [0.5, 0.6) is 5.75 Å². The van der Waals surface area contributed by atoms with Crippen LogP contribution in [0.3, 0.4) is 0 Å². The normalized spacial score (nSPS) is 10.5. The summed E-state index contributed by atoms with van der Waals surface area (Å²) in [6.45, 7) is 2.10. The van der Waals surface area contributed by atoms with Gasteiger partial charge >= 0.3 is 5.97 Å². The van der Waals surface area contributed by atoms with Crippen molar-refractivity contribution in [3.8, 4) is 5.75 Å². The molecule has 2 N–H and O–H groups in total. The summed E-state index contributed by atoms with van der Waals surface area (Å²) in [7, 11) is 1.98. The minimum atomic E-state index is -0.933. The Hall–Kier alpha value is -2.34. The molecule has 2 rings (SSSR count). The number of hydrogen-bond acceptors (Lipinski definition) is 4. The monoisotopic (exact) mass is 289 g/mol. The number of nitrogens with one attached hydrogen (secondary N) is 1. The van der Waals surface area contributed by atoms with Crippen molar-refractivity contribution in [3.05, 3.63) is 48.0 Å². The summed E-state index contributed by atoms with van der Waals surface area (Å²) in [6.07, 6.45) is 4.59. The molecule has 0 bridgehead atoms. The molecule has 0 fully saturated rings. The number of carbonyl (C=O) groups is 1. The fourth-order valence-corrected chi connectivity index (χ4v) is 1.90. The third-order valence-electron chi connectivity index (χ3n) is 3.10. The van der Waals surface area contributed by atoms with Crippen LogP contribution < -0.4 is 10.1 Å². The molecule has 0 amide bonds. The SMILES string of the molecule is Cn1ccnc1CCNCCOc1ccc(C(=O)O)cc1. The lowest BCUT2D eigenvalue weighted by atomic mass is 10.2. The summed E-state index contributed by atoms with van der Waals surface area (Å²) in [6, 6.07) is 6.40. The van der Waals surface area contributed by atoms with Crippen molar-refractivity contribution in [2.75, 3.05) is 19.7 Å². The molecule has 112 valence electrons. The maximum absolute atomic E-state index is 10.7. The lowest BCUT2D eigenvalue weighted by molar-refractivity contribution is 0.0697. The molecule has 0 saturated carbocycles. The fourth-order valence-electron chi connectivity index (χ4n) is 1.90. The van der Waals surface area contributed by atoms with Gasteiger partial charge in [0.25, 0.3) is 0 Å². The zero-order chi connectivity index (χ0) is 15.1. The molecule has 6 nitrogen and oxygen atoms in total. The maximum Gasteiger partial charge on any atom is 0.335 e. The molecule has 0 aliphatic rings. The van der Waals surface area contributed by atoms with Crippen LogP contribution >= 0.6 is 0 Å². The topological polar surface area (TPSA) is 76.4 Å². The van der Waals surface area contributed by atoms with Crippen molar-refractivity contribution in [2.45, 2.75) is 6.42 Å². The molecule has 0 aliphatic carbocycles. The van der Waals surface area contributed by atoms with Crippen molar-refractivity contribution in [3.63, 3.8) is 0 Å². The number of benzene rings is 1. The van der Waals surface area contributed by atoms with E-state index in [1.54, 1.807) is 18.3 Å². The van der Waals surface area contributed by atoms with Crippen LogP contribution in [0.1, 0.15) is 16.2 Å². The van der Waals surface area contributed by atoms with Crippen molar-refractivity contribution in [1.29, 1.82) is 0 Å². The van der Waals surface area contributed by atoms with Crippen LogP contribution in [0.15, 0.2) is 36.7 Å². The Balaban J connectivity index is 1.61. The van der Waals surface area contributed by atoms with Crippen LogP contribution in [0, 0.1) is 0 Å². The number of imidazole rings is 1. The quantitative estimate of drug-likeness (QED) is 0.717. The molecular weight excluding hydrogens is 270 g/mol. The van der Waals surface area contributed by atoms with E-state index < -0.39 is 5.97 Å². The molecule has 0 saturated heterocycles. The van der Waals surface area contributed by atoms with Gasteiger partial charge in [-0.25, -0.2) is 9.78 Å². The standard InChI is InChI=1S/C15H19N3O3/c1-18-10-8-17-14(18)6-7-16-9-11-21-13-4-2-12(3-5-13)15(19)20/h2-5,8,10,16H,6-7,9,11H2,1H3,(H,19,20). The average Bonchev–Trinajstić information content (AvgIpc) is 2.88. The van der Waals surface area contributed by atoms with Crippen molar-refractivity contribution in [1.82, 2.24) is 14.9 Å². The van der Waals surface area contributed by atoms with Crippen LogP contribution in [0.4, 0.5) is 0 Å². The number of hydrogen-bond donors (Lipinski definition) is 2. The Morgan fingerprint density at radius 2 is 2.10 bits per heavy atom. The van der Waals surface area contributed by atoms with Gasteiger partial charge in [-0.05, 0) is 24.3 Å². The second-order valence-electron chi connectivity index (χ2n) is 4.63. The molecule has 1 heterocycles. The minimum Gasteiger partial charge on any atom is -0.492 e. The molecule has 0 radical (unpaired) electrons. The number of carboxylic acids is 1. The van der Waals surface area contributed by atoms with Gasteiger partial charge in [0, 0.05) is 39.0 Å². The van der Waals surface area contributed by atoms with E-state index in [0.29, 0.717) is 12.4 Å². The third kappa shape index (κ3) is 4.61. The summed E-state index contributed by atoms with van der Waals surface area (Å²) in [4.78, 5) is 15.0. The highest BCUT2D eigenvalue weighted by Gasteiger charge is 2.02. The largest absolute Gasteiger partial charge is 0.492 e. The molecule has 0 unspecified atom stereocenters. The second kappa shape index (κ2) is 7.44. The van der Waals surface area contributed by atoms with Crippen molar-refractivity contribution >= 4 is 5.97 Å². The minimum absolute atomic E-state index is 0.260. The van der Waals surface area contributed by atoms with E-state index in [0.717, 1.165) is 25.3 Å². The van der Waals surface area contributed by atoms with E-state index in [-0.39, 0.29) is 5.56 Å². The second-order valence-corrected chi connectivity index (χ2v) is 4.63. The first-order chi connectivity index (χ1) is 10.2. The highest BCUT2D eigenvalue weighted by atomic mass is 16.5. The predicted molar refractivity (Wildman–Crippen MR) is 78.7 cm³/mol. The van der Waals surface area contributed by atoms with Gasteiger partial charge in [0.2, 0.25) is 0 Å². The third-order valence-corrected chi connectivity index (χ3v) is 3.10. The fraction of sp³-hybridized carbons (Fsp3) is 0.333. The first-order valence-electron chi connectivity index (χ1n) is 6.80. The van der Waals surface area contributed by atoms with Gasteiger partial charge < -0.3 is 19.7 Å². The highest BCUT2D eigenvalue weighted by Crippen LogP contribution is 2.11. The van der Waals surface area contributed by atoms with Crippen molar-refractivity contribution in [2.24, 2.45) is 7.05 Å². The Kier molecular flexibility index (Phi) is 5.34. The van der Waals surface area contributed by atoms with E-state index in [9.17, 15) is 4.79 Å². The number of aromatic nitrogens is 2. The molecule has 21 heavy (non-hydrogen) atoms. The Bertz CT molecular complexity index is 578. The molecule has 6 heteroatoms. The van der Waals surface area contributed by atoms with Gasteiger partial charge in [0.15, 0.2) is 0 Å². The molecule has 0 atom stereocenters. The number of aryl methyl sites for hydroxylation is 1.